The molecule has 31 heavy (non-hydrogen) atoms. The first kappa shape index (κ1) is 20.8. The maximum Gasteiger partial charge on any atom is 0.225 e. The van der Waals surface area contributed by atoms with Crippen molar-refractivity contribution in [2.75, 3.05) is 50.8 Å². The molecule has 8 heteroatoms. The number of aryl methyl sites for hydroxylation is 1. The van der Waals surface area contributed by atoms with E-state index < -0.39 is 0 Å². The van der Waals surface area contributed by atoms with E-state index in [-0.39, 0.29) is 6.61 Å². The van der Waals surface area contributed by atoms with Crippen molar-refractivity contribution in [1.82, 2.24) is 24.8 Å². The summed E-state index contributed by atoms with van der Waals surface area (Å²) in [6, 6.07) is 7.09. The second-order valence-corrected chi connectivity index (χ2v) is 9.79. The van der Waals surface area contributed by atoms with E-state index in [1.807, 2.05) is 6.20 Å². The summed E-state index contributed by atoms with van der Waals surface area (Å²) in [5, 5.41) is 10.3. The van der Waals surface area contributed by atoms with E-state index in [1.54, 1.807) is 11.3 Å². The molecule has 0 radical (unpaired) electrons. The standard InChI is InChI=1S/C23H30N6OS/c1-16(18-3-4-22-21(13-18)25-17(2)31-22)28-7-9-29(10-8-28)23-24-14-19-15-27(11-12-30)6-5-20(19)26-23/h3-4,13-14,16,30H,5-12,15H2,1-2H3. The van der Waals surface area contributed by atoms with Crippen LogP contribution in [0.3, 0.4) is 0 Å². The number of β-amino-alcohol motifs (C(OH)–C–C–N with tert-alkyl or cyclic N) is 1. The zero-order valence-corrected chi connectivity index (χ0v) is 19.1. The van der Waals surface area contributed by atoms with Crippen LogP contribution in [0.2, 0.25) is 0 Å². The number of thiazole rings is 1. The van der Waals surface area contributed by atoms with E-state index in [0.717, 1.165) is 68.7 Å². The van der Waals surface area contributed by atoms with Crippen molar-refractivity contribution in [2.45, 2.75) is 32.9 Å². The topological polar surface area (TPSA) is 68.6 Å². The molecule has 2 aliphatic heterocycles. The van der Waals surface area contributed by atoms with E-state index in [9.17, 15) is 5.11 Å². The highest BCUT2D eigenvalue weighted by molar-refractivity contribution is 7.18. The van der Waals surface area contributed by atoms with Gasteiger partial charge >= 0.3 is 0 Å². The number of rotatable bonds is 5. The van der Waals surface area contributed by atoms with Crippen molar-refractivity contribution in [2.24, 2.45) is 0 Å². The molecule has 0 bridgehead atoms. The third-order valence-electron chi connectivity index (χ3n) is 6.56. The predicted molar refractivity (Wildman–Crippen MR) is 125 cm³/mol. The third kappa shape index (κ3) is 4.30. The van der Waals surface area contributed by atoms with Crippen LogP contribution >= 0.6 is 11.3 Å². The summed E-state index contributed by atoms with van der Waals surface area (Å²) in [7, 11) is 0. The fourth-order valence-corrected chi connectivity index (χ4v) is 5.50. The van der Waals surface area contributed by atoms with Crippen LogP contribution in [-0.2, 0) is 13.0 Å². The van der Waals surface area contributed by atoms with Gasteiger partial charge in [-0.25, -0.2) is 15.0 Å². The fraction of sp³-hybridized carbons (Fsp3) is 0.522. The summed E-state index contributed by atoms with van der Waals surface area (Å²) in [5.74, 6) is 0.862. The van der Waals surface area contributed by atoms with Gasteiger partial charge in [-0.3, -0.25) is 9.80 Å². The van der Waals surface area contributed by atoms with Gasteiger partial charge in [-0.05, 0) is 31.5 Å². The third-order valence-corrected chi connectivity index (χ3v) is 7.51. The molecule has 0 saturated carbocycles. The van der Waals surface area contributed by atoms with Crippen molar-refractivity contribution in [1.29, 1.82) is 0 Å². The van der Waals surface area contributed by atoms with Gasteiger partial charge in [-0.2, -0.15) is 0 Å². The first-order valence-corrected chi connectivity index (χ1v) is 12.0. The maximum atomic E-state index is 9.18. The lowest BCUT2D eigenvalue weighted by atomic mass is 10.1. The monoisotopic (exact) mass is 438 g/mol. The van der Waals surface area contributed by atoms with Gasteiger partial charge in [-0.1, -0.05) is 6.07 Å². The largest absolute Gasteiger partial charge is 0.395 e. The highest BCUT2D eigenvalue weighted by Gasteiger charge is 2.25. The Morgan fingerprint density at radius 3 is 2.77 bits per heavy atom. The second kappa shape index (κ2) is 8.78. The summed E-state index contributed by atoms with van der Waals surface area (Å²) >= 11 is 1.76. The van der Waals surface area contributed by atoms with Crippen molar-refractivity contribution in [3.8, 4) is 0 Å². The van der Waals surface area contributed by atoms with Crippen molar-refractivity contribution in [3.05, 3.63) is 46.2 Å². The Morgan fingerprint density at radius 2 is 1.97 bits per heavy atom. The minimum absolute atomic E-state index is 0.203. The highest BCUT2D eigenvalue weighted by atomic mass is 32.1. The number of fused-ring (bicyclic) bond motifs is 2. The Balaban J connectivity index is 1.23. The quantitative estimate of drug-likeness (QED) is 0.657. The fourth-order valence-electron chi connectivity index (χ4n) is 4.69. The molecule has 1 fully saturated rings. The number of piperazine rings is 1. The smallest absolute Gasteiger partial charge is 0.225 e. The van der Waals surface area contributed by atoms with Gasteiger partial charge in [0.15, 0.2) is 0 Å². The molecule has 2 aliphatic rings. The molecule has 5 rings (SSSR count). The number of aromatic nitrogens is 3. The number of aliphatic hydroxyl groups excluding tert-OH is 1. The molecule has 1 N–H and O–H groups in total. The summed E-state index contributed by atoms with van der Waals surface area (Å²) < 4.78 is 1.27. The molecule has 7 nitrogen and oxygen atoms in total. The Morgan fingerprint density at radius 1 is 1.13 bits per heavy atom. The van der Waals surface area contributed by atoms with Crippen LogP contribution in [0.25, 0.3) is 10.2 Å². The van der Waals surface area contributed by atoms with Gasteiger partial charge < -0.3 is 10.0 Å². The van der Waals surface area contributed by atoms with Gasteiger partial charge in [0.05, 0.1) is 27.5 Å². The van der Waals surface area contributed by atoms with Gasteiger partial charge in [0.1, 0.15) is 0 Å². The number of benzene rings is 1. The van der Waals surface area contributed by atoms with E-state index in [4.69, 9.17) is 4.98 Å². The molecule has 1 saturated heterocycles. The van der Waals surface area contributed by atoms with Gasteiger partial charge in [-0.15, -0.1) is 11.3 Å². The lowest BCUT2D eigenvalue weighted by Crippen LogP contribution is -2.48. The highest BCUT2D eigenvalue weighted by Crippen LogP contribution is 2.28. The molecular weight excluding hydrogens is 408 g/mol. The van der Waals surface area contributed by atoms with E-state index >= 15 is 0 Å². The zero-order valence-electron chi connectivity index (χ0n) is 18.3. The molecule has 1 aromatic carbocycles. The van der Waals surface area contributed by atoms with Crippen molar-refractivity contribution in [3.63, 3.8) is 0 Å². The first-order chi connectivity index (χ1) is 15.1. The number of hydrogen-bond donors (Lipinski definition) is 1. The van der Waals surface area contributed by atoms with Crippen LogP contribution < -0.4 is 4.90 Å². The molecule has 0 aliphatic carbocycles. The molecule has 3 aromatic rings. The Kier molecular flexibility index (Phi) is 5.88. The Hall–Kier alpha value is -2.13. The molecule has 1 unspecified atom stereocenters. The van der Waals surface area contributed by atoms with Crippen LogP contribution in [0.1, 0.15) is 34.8 Å². The maximum absolute atomic E-state index is 9.18. The Labute approximate surface area is 187 Å². The summed E-state index contributed by atoms with van der Waals surface area (Å²) in [6.07, 6.45) is 2.92. The first-order valence-electron chi connectivity index (χ1n) is 11.1. The van der Waals surface area contributed by atoms with Crippen LogP contribution in [-0.4, -0.2) is 75.7 Å². The molecule has 0 spiro atoms. The van der Waals surface area contributed by atoms with Crippen molar-refractivity contribution < 1.29 is 5.11 Å². The van der Waals surface area contributed by atoms with Crippen LogP contribution in [0.15, 0.2) is 24.4 Å². The molecule has 4 heterocycles. The number of nitrogens with zero attached hydrogens (tertiary/aromatic N) is 6. The molecular formula is C23H30N6OS. The van der Waals surface area contributed by atoms with E-state index in [1.165, 1.54) is 21.5 Å². The number of hydrogen-bond acceptors (Lipinski definition) is 8. The van der Waals surface area contributed by atoms with Gasteiger partial charge in [0.25, 0.3) is 0 Å². The molecule has 2 aromatic heterocycles. The van der Waals surface area contributed by atoms with Crippen LogP contribution in [0, 0.1) is 6.92 Å². The van der Waals surface area contributed by atoms with Crippen molar-refractivity contribution >= 4 is 27.5 Å². The minimum atomic E-state index is 0.203. The van der Waals surface area contributed by atoms with E-state index in [0.29, 0.717) is 6.04 Å². The summed E-state index contributed by atoms with van der Waals surface area (Å²) in [6.45, 7) is 11.0. The minimum Gasteiger partial charge on any atom is -0.395 e. The average molecular weight is 439 g/mol. The zero-order chi connectivity index (χ0) is 21.4. The molecule has 0 amide bonds. The average Bonchev–Trinajstić information content (AvgIpc) is 3.18. The molecule has 164 valence electrons. The lowest BCUT2D eigenvalue weighted by molar-refractivity contribution is 0.183. The normalized spacial score (nSPS) is 19.0. The van der Waals surface area contributed by atoms with Crippen LogP contribution in [0.4, 0.5) is 5.95 Å². The molecule has 1 atom stereocenters. The lowest BCUT2D eigenvalue weighted by Gasteiger charge is -2.38. The predicted octanol–water partition coefficient (Wildman–Crippen LogP) is 2.63. The summed E-state index contributed by atoms with van der Waals surface area (Å²) in [4.78, 5) is 21.4. The number of anilines is 1. The number of aliphatic hydroxyl groups is 1. The van der Waals surface area contributed by atoms with Crippen LogP contribution in [0.5, 0.6) is 0 Å². The Bertz CT molecular complexity index is 1060. The van der Waals surface area contributed by atoms with Gasteiger partial charge in [0, 0.05) is 70.0 Å². The van der Waals surface area contributed by atoms with E-state index in [2.05, 4.69) is 56.7 Å². The SMILES string of the molecule is Cc1nc2cc(C(C)N3CCN(c4ncc5c(n4)CCN(CCO)C5)CC3)ccc2s1. The summed E-state index contributed by atoms with van der Waals surface area (Å²) in [5.41, 5.74) is 4.82. The van der Waals surface area contributed by atoms with Gasteiger partial charge in [0.2, 0.25) is 5.95 Å². The second-order valence-electron chi connectivity index (χ2n) is 8.55.